The van der Waals surface area contributed by atoms with E-state index in [1.165, 1.54) is 12.1 Å². The number of benzene rings is 2. The SMILES string of the molecule is COC(=O)C1=NN(c2ccc(Cl)cc2)[C@@H]2C(=O)N(c3cccc(Cl)c3C)C(=O)[C@@H]12. The molecule has 2 aliphatic heterocycles. The van der Waals surface area contributed by atoms with Crippen molar-refractivity contribution in [3.63, 3.8) is 0 Å². The maximum Gasteiger partial charge on any atom is 0.355 e. The Balaban J connectivity index is 1.83. The molecule has 2 aromatic rings. The molecule has 7 nitrogen and oxygen atoms in total. The average molecular weight is 432 g/mol. The number of ether oxygens (including phenoxy) is 1. The predicted octanol–water partition coefficient (Wildman–Crippen LogP) is 3.21. The monoisotopic (exact) mass is 431 g/mol. The van der Waals surface area contributed by atoms with Gasteiger partial charge in [0.2, 0.25) is 5.91 Å². The molecule has 29 heavy (non-hydrogen) atoms. The molecule has 1 saturated heterocycles. The number of anilines is 2. The third-order valence-corrected chi connectivity index (χ3v) is 5.68. The van der Waals surface area contributed by atoms with E-state index in [0.29, 0.717) is 27.0 Å². The quantitative estimate of drug-likeness (QED) is 0.550. The minimum absolute atomic E-state index is 0.118. The van der Waals surface area contributed by atoms with E-state index in [1.807, 2.05) is 0 Å². The number of imide groups is 1. The van der Waals surface area contributed by atoms with Gasteiger partial charge in [0.25, 0.3) is 5.91 Å². The summed E-state index contributed by atoms with van der Waals surface area (Å²) in [6, 6.07) is 10.6. The standard InChI is InChI=1S/C20H15Cl2N3O4/c1-10-13(22)4-3-5-14(10)24-18(26)15-16(20(28)29-2)23-25(17(15)19(24)27)12-8-6-11(21)7-9-12/h3-9,15,17H,1-2H3/t15-,17-/m0/s1. The number of carbonyl (C=O) groups excluding carboxylic acids is 3. The topological polar surface area (TPSA) is 79.3 Å². The molecule has 0 unspecified atom stereocenters. The molecular formula is C20H15Cl2N3O4. The van der Waals surface area contributed by atoms with Crippen LogP contribution in [0.1, 0.15) is 5.56 Å². The number of hydrazone groups is 1. The van der Waals surface area contributed by atoms with Crippen molar-refractivity contribution in [2.75, 3.05) is 17.0 Å². The summed E-state index contributed by atoms with van der Waals surface area (Å²) in [5.41, 5.74) is 1.37. The highest BCUT2D eigenvalue weighted by Gasteiger charge is 2.59. The number of hydrogen-bond donors (Lipinski definition) is 0. The van der Waals surface area contributed by atoms with Crippen LogP contribution < -0.4 is 9.91 Å². The minimum atomic E-state index is -1.08. The van der Waals surface area contributed by atoms with Gasteiger partial charge in [-0.2, -0.15) is 5.10 Å². The lowest BCUT2D eigenvalue weighted by molar-refractivity contribution is -0.133. The summed E-state index contributed by atoms with van der Waals surface area (Å²) in [5.74, 6) is -2.89. The van der Waals surface area contributed by atoms with Crippen LogP contribution in [-0.4, -0.2) is 36.6 Å². The van der Waals surface area contributed by atoms with Crippen molar-refractivity contribution in [2.24, 2.45) is 11.0 Å². The van der Waals surface area contributed by atoms with Gasteiger partial charge < -0.3 is 4.74 Å². The van der Waals surface area contributed by atoms with Crippen molar-refractivity contribution in [3.8, 4) is 0 Å². The summed E-state index contributed by atoms with van der Waals surface area (Å²) < 4.78 is 4.79. The van der Waals surface area contributed by atoms with Crippen LogP contribution in [0.4, 0.5) is 11.4 Å². The van der Waals surface area contributed by atoms with E-state index in [9.17, 15) is 14.4 Å². The Morgan fingerprint density at radius 2 is 1.76 bits per heavy atom. The molecule has 4 rings (SSSR count). The number of hydrogen-bond acceptors (Lipinski definition) is 6. The molecule has 2 amide bonds. The first-order chi connectivity index (χ1) is 13.8. The van der Waals surface area contributed by atoms with Crippen molar-refractivity contribution < 1.29 is 19.1 Å². The molecule has 0 saturated carbocycles. The smallest absolute Gasteiger partial charge is 0.355 e. The Morgan fingerprint density at radius 1 is 1.07 bits per heavy atom. The second-order valence-corrected chi connectivity index (χ2v) is 7.46. The highest BCUT2D eigenvalue weighted by molar-refractivity contribution is 6.47. The summed E-state index contributed by atoms with van der Waals surface area (Å²) in [5, 5.41) is 6.55. The van der Waals surface area contributed by atoms with Crippen LogP contribution in [0.5, 0.6) is 0 Å². The Labute approximate surface area is 176 Å². The summed E-state index contributed by atoms with van der Waals surface area (Å²) in [4.78, 5) is 40.0. The second kappa shape index (κ2) is 7.17. The number of esters is 1. The predicted molar refractivity (Wildman–Crippen MR) is 109 cm³/mol. The molecule has 2 aromatic carbocycles. The van der Waals surface area contributed by atoms with Crippen LogP contribution in [0.3, 0.4) is 0 Å². The van der Waals surface area contributed by atoms with Crippen LogP contribution in [-0.2, 0) is 19.1 Å². The first-order valence-corrected chi connectivity index (χ1v) is 9.45. The van der Waals surface area contributed by atoms with E-state index >= 15 is 0 Å². The molecule has 9 heteroatoms. The van der Waals surface area contributed by atoms with Crippen molar-refractivity contribution in [3.05, 3.63) is 58.1 Å². The Bertz CT molecular complexity index is 1070. The summed E-state index contributed by atoms with van der Waals surface area (Å²) in [7, 11) is 1.20. The van der Waals surface area contributed by atoms with Gasteiger partial charge in [-0.3, -0.25) is 14.6 Å². The number of methoxy groups -OCH3 is 1. The molecule has 2 aliphatic rings. The van der Waals surface area contributed by atoms with Gasteiger partial charge >= 0.3 is 5.97 Å². The van der Waals surface area contributed by atoms with E-state index in [0.717, 1.165) is 4.90 Å². The summed E-state index contributed by atoms with van der Waals surface area (Å²) in [6.07, 6.45) is 0. The lowest BCUT2D eigenvalue weighted by atomic mass is 9.98. The zero-order chi connectivity index (χ0) is 20.9. The first kappa shape index (κ1) is 19.4. The van der Waals surface area contributed by atoms with Gasteiger partial charge in [-0.15, -0.1) is 0 Å². The molecule has 0 N–H and O–H groups in total. The molecule has 0 aliphatic carbocycles. The number of carbonyl (C=O) groups is 3. The normalized spacial score (nSPS) is 20.8. The molecule has 0 aromatic heterocycles. The van der Waals surface area contributed by atoms with Gasteiger partial charge in [-0.05, 0) is 48.9 Å². The fourth-order valence-corrected chi connectivity index (χ4v) is 3.87. The summed E-state index contributed by atoms with van der Waals surface area (Å²) in [6.45, 7) is 1.72. The highest BCUT2D eigenvalue weighted by Crippen LogP contribution is 2.39. The molecule has 148 valence electrons. The average Bonchev–Trinajstić information content (AvgIpc) is 3.22. The fourth-order valence-electron chi connectivity index (χ4n) is 3.57. The molecule has 2 heterocycles. The van der Waals surface area contributed by atoms with Gasteiger partial charge in [-0.1, -0.05) is 29.3 Å². The maximum absolute atomic E-state index is 13.3. The van der Waals surface area contributed by atoms with E-state index in [2.05, 4.69) is 5.10 Å². The molecule has 2 atom stereocenters. The van der Waals surface area contributed by atoms with Gasteiger partial charge in [0, 0.05) is 10.0 Å². The van der Waals surface area contributed by atoms with Crippen LogP contribution in [0.2, 0.25) is 10.0 Å². The molecule has 0 radical (unpaired) electrons. The number of halogens is 2. The van der Waals surface area contributed by atoms with Crippen molar-refractivity contribution in [2.45, 2.75) is 13.0 Å². The number of fused-ring (bicyclic) bond motifs is 1. The first-order valence-electron chi connectivity index (χ1n) is 8.69. The zero-order valence-electron chi connectivity index (χ0n) is 15.4. The third kappa shape index (κ3) is 2.97. The van der Waals surface area contributed by atoms with E-state index in [-0.39, 0.29) is 5.71 Å². The number of amides is 2. The molecule has 0 spiro atoms. The molecular weight excluding hydrogens is 417 g/mol. The largest absolute Gasteiger partial charge is 0.464 e. The number of nitrogens with zero attached hydrogens (tertiary/aromatic N) is 3. The Morgan fingerprint density at radius 3 is 2.41 bits per heavy atom. The maximum atomic E-state index is 13.3. The van der Waals surface area contributed by atoms with Gasteiger partial charge in [-0.25, -0.2) is 9.69 Å². The minimum Gasteiger partial charge on any atom is -0.464 e. The Kier molecular flexibility index (Phi) is 4.80. The number of rotatable bonds is 3. The molecule has 1 fully saturated rings. The van der Waals surface area contributed by atoms with Gasteiger partial charge in [0.05, 0.1) is 18.5 Å². The van der Waals surface area contributed by atoms with E-state index < -0.39 is 29.7 Å². The Hall–Kier alpha value is -2.90. The van der Waals surface area contributed by atoms with Crippen molar-refractivity contribution in [1.29, 1.82) is 0 Å². The van der Waals surface area contributed by atoms with Crippen molar-refractivity contribution >= 4 is 58.1 Å². The van der Waals surface area contributed by atoms with Crippen LogP contribution in [0.25, 0.3) is 0 Å². The summed E-state index contributed by atoms with van der Waals surface area (Å²) >= 11 is 12.1. The third-order valence-electron chi connectivity index (χ3n) is 5.01. The highest BCUT2D eigenvalue weighted by atomic mass is 35.5. The van der Waals surface area contributed by atoms with Crippen molar-refractivity contribution in [1.82, 2.24) is 0 Å². The van der Waals surface area contributed by atoms with E-state index in [1.54, 1.807) is 49.4 Å². The lowest BCUT2D eigenvalue weighted by Gasteiger charge is -2.23. The van der Waals surface area contributed by atoms with Crippen LogP contribution in [0, 0.1) is 12.8 Å². The van der Waals surface area contributed by atoms with Crippen LogP contribution in [0.15, 0.2) is 47.6 Å². The van der Waals surface area contributed by atoms with Gasteiger partial charge in [0.1, 0.15) is 12.0 Å². The van der Waals surface area contributed by atoms with Crippen LogP contribution >= 0.6 is 23.2 Å². The van der Waals surface area contributed by atoms with Gasteiger partial charge in [0.15, 0.2) is 5.71 Å². The zero-order valence-corrected chi connectivity index (χ0v) is 16.9. The molecule has 0 bridgehead atoms. The fraction of sp³-hybridized carbons (Fsp3) is 0.200. The second-order valence-electron chi connectivity index (χ2n) is 6.62. The lowest BCUT2D eigenvalue weighted by Crippen LogP contribution is -2.39. The van der Waals surface area contributed by atoms with E-state index in [4.69, 9.17) is 27.9 Å².